The fraction of sp³-hybridized carbons (Fsp3) is 0.536. The molecule has 1 saturated carbocycles. The highest BCUT2D eigenvalue weighted by atomic mass is 19.1. The molecule has 0 amide bonds. The third-order valence-electron chi connectivity index (χ3n) is 7.54. The number of alkyl halides is 1. The van der Waals surface area contributed by atoms with Gasteiger partial charge < -0.3 is 10.6 Å². The minimum absolute atomic E-state index is 0.118. The number of rotatable bonds is 8. The van der Waals surface area contributed by atoms with Crippen molar-refractivity contribution in [2.24, 2.45) is 22.1 Å². The van der Waals surface area contributed by atoms with Crippen molar-refractivity contribution in [3.8, 4) is 0 Å². The smallest absolute Gasteiger partial charge is 0.109 e. The molecule has 1 saturated heterocycles. The predicted octanol–water partition coefficient (Wildman–Crippen LogP) is 6.89. The molecule has 3 nitrogen and oxygen atoms in total. The lowest BCUT2D eigenvalue weighted by atomic mass is 9.62. The van der Waals surface area contributed by atoms with Gasteiger partial charge in [-0.05, 0) is 94.2 Å². The van der Waals surface area contributed by atoms with Crippen molar-refractivity contribution in [1.82, 2.24) is 4.90 Å². The summed E-state index contributed by atoms with van der Waals surface area (Å²) in [5.41, 5.74) is 14.9. The minimum Gasteiger partial charge on any atom is -0.370 e. The molecule has 1 heterocycles. The van der Waals surface area contributed by atoms with Gasteiger partial charge in [0, 0.05) is 36.5 Å². The molecule has 2 fully saturated rings. The highest BCUT2D eigenvalue weighted by Crippen LogP contribution is 2.52. The van der Waals surface area contributed by atoms with Crippen LogP contribution < -0.4 is 5.73 Å². The number of likely N-dealkylation sites (tertiary alicyclic amines) is 1. The number of halogens is 1. The maximum absolute atomic E-state index is 14.0. The highest BCUT2D eigenvalue weighted by Gasteiger charge is 2.55. The molecule has 3 rings (SSSR count). The van der Waals surface area contributed by atoms with E-state index in [9.17, 15) is 4.39 Å². The summed E-state index contributed by atoms with van der Waals surface area (Å²) >= 11 is 0. The van der Waals surface area contributed by atoms with Gasteiger partial charge in [0.2, 0.25) is 0 Å². The number of benzene rings is 1. The Kier molecular flexibility index (Phi) is 7.44. The van der Waals surface area contributed by atoms with E-state index >= 15 is 0 Å². The van der Waals surface area contributed by atoms with E-state index in [1.54, 1.807) is 0 Å². The van der Waals surface area contributed by atoms with E-state index < -0.39 is 6.17 Å². The van der Waals surface area contributed by atoms with E-state index in [2.05, 4.69) is 77.3 Å². The molecular weight excluding hydrogens is 397 g/mol. The topological polar surface area (TPSA) is 41.6 Å². The fourth-order valence-corrected chi connectivity index (χ4v) is 4.78. The van der Waals surface area contributed by atoms with Gasteiger partial charge >= 0.3 is 0 Å². The maximum atomic E-state index is 14.0. The first kappa shape index (κ1) is 24.4. The van der Waals surface area contributed by atoms with Crippen molar-refractivity contribution >= 4 is 17.1 Å². The third-order valence-corrected chi connectivity index (χ3v) is 7.54. The number of hydrogen-bond acceptors (Lipinski definition) is 3. The van der Waals surface area contributed by atoms with Crippen LogP contribution in [-0.2, 0) is 6.54 Å². The van der Waals surface area contributed by atoms with Gasteiger partial charge in [-0.3, -0.25) is 4.99 Å². The lowest BCUT2D eigenvalue weighted by Crippen LogP contribution is -2.64. The predicted molar refractivity (Wildman–Crippen MR) is 136 cm³/mol. The number of nitrogens with two attached hydrogens (primary N) is 1. The summed E-state index contributed by atoms with van der Waals surface area (Å²) in [6.07, 6.45) is 6.32. The van der Waals surface area contributed by atoms with E-state index in [-0.39, 0.29) is 5.41 Å². The Morgan fingerprint density at radius 1 is 1.34 bits per heavy atom. The van der Waals surface area contributed by atoms with Crippen molar-refractivity contribution in [2.45, 2.75) is 73.5 Å². The van der Waals surface area contributed by atoms with Crippen LogP contribution in [0.2, 0.25) is 0 Å². The standard InChI is InChI=1S/C28H40FN3/c1-8-9-23(18(2)3)12-19(4)21(6)31-26-14-24(13-25(15-30)20(26)5)22(7)32-16-28(17-32)11-10-27(28)29/h8-9,13-14,19,27H,7,10-12,15-17,30H2,1-6H3/b9-8-,31-21?. The van der Waals surface area contributed by atoms with E-state index in [0.717, 1.165) is 59.7 Å². The monoisotopic (exact) mass is 437 g/mol. The Morgan fingerprint density at radius 2 is 2.03 bits per heavy atom. The highest BCUT2D eigenvalue weighted by molar-refractivity contribution is 5.87. The second-order valence-electron chi connectivity index (χ2n) is 10.0. The average Bonchev–Trinajstić information content (AvgIpc) is 2.72. The van der Waals surface area contributed by atoms with Gasteiger partial charge in [0.15, 0.2) is 0 Å². The zero-order valence-corrected chi connectivity index (χ0v) is 20.8. The summed E-state index contributed by atoms with van der Waals surface area (Å²) in [5.74, 6) is 0.332. The normalized spacial score (nSPS) is 20.8. The average molecular weight is 438 g/mol. The maximum Gasteiger partial charge on any atom is 0.109 e. The van der Waals surface area contributed by atoms with Crippen LogP contribution >= 0.6 is 0 Å². The third kappa shape index (κ3) is 4.76. The first-order valence-corrected chi connectivity index (χ1v) is 11.9. The number of aliphatic imine (C=N–C) groups is 1. The quantitative estimate of drug-likeness (QED) is 0.355. The number of allylic oxidation sites excluding steroid dienone is 4. The molecule has 174 valence electrons. The molecule has 2 N–H and O–H groups in total. The molecule has 2 unspecified atom stereocenters. The van der Waals surface area contributed by atoms with Crippen LogP contribution in [0.25, 0.3) is 5.70 Å². The molecular formula is C28H40FN3. The van der Waals surface area contributed by atoms with Gasteiger partial charge in [0.25, 0.3) is 0 Å². The van der Waals surface area contributed by atoms with Gasteiger partial charge in [-0.1, -0.05) is 31.2 Å². The SMILES string of the molecule is C=C(c1cc(CN)c(C)c(N=C(C)C(C)CC(/C=C\C)=C(C)C)c1)N1CC2(CCC2F)C1. The minimum atomic E-state index is -0.651. The van der Waals surface area contributed by atoms with E-state index in [1.807, 2.05) is 0 Å². The van der Waals surface area contributed by atoms with Crippen molar-refractivity contribution in [3.63, 3.8) is 0 Å². The van der Waals surface area contributed by atoms with Crippen LogP contribution in [0.1, 0.15) is 70.6 Å². The molecule has 32 heavy (non-hydrogen) atoms. The summed E-state index contributed by atoms with van der Waals surface area (Å²) in [6, 6.07) is 4.25. The molecule has 0 radical (unpaired) electrons. The fourth-order valence-electron chi connectivity index (χ4n) is 4.78. The second kappa shape index (κ2) is 9.74. The Bertz CT molecular complexity index is 959. The molecule has 2 atom stereocenters. The largest absolute Gasteiger partial charge is 0.370 e. The van der Waals surface area contributed by atoms with E-state index in [4.69, 9.17) is 10.7 Å². The summed E-state index contributed by atoms with van der Waals surface area (Å²) < 4.78 is 14.0. The number of nitrogens with zero attached hydrogens (tertiary/aromatic N) is 2. The van der Waals surface area contributed by atoms with Crippen molar-refractivity contribution in [3.05, 3.63) is 58.7 Å². The molecule has 0 aromatic heterocycles. The van der Waals surface area contributed by atoms with Crippen LogP contribution in [0.15, 0.2) is 47.0 Å². The lowest BCUT2D eigenvalue weighted by molar-refractivity contribution is -0.0996. The van der Waals surface area contributed by atoms with Gasteiger partial charge in [0.1, 0.15) is 6.17 Å². The van der Waals surface area contributed by atoms with Crippen LogP contribution in [0.4, 0.5) is 10.1 Å². The van der Waals surface area contributed by atoms with E-state index in [0.29, 0.717) is 18.9 Å². The van der Waals surface area contributed by atoms with Crippen LogP contribution in [0.5, 0.6) is 0 Å². The summed E-state index contributed by atoms with van der Waals surface area (Å²) in [5, 5.41) is 0. The van der Waals surface area contributed by atoms with Crippen LogP contribution in [-0.4, -0.2) is 29.9 Å². The molecule has 4 heteroatoms. The van der Waals surface area contributed by atoms with Gasteiger partial charge in [-0.15, -0.1) is 0 Å². The lowest BCUT2D eigenvalue weighted by Gasteiger charge is -2.59. The van der Waals surface area contributed by atoms with Crippen LogP contribution in [0, 0.1) is 18.3 Å². The molecule has 1 aromatic carbocycles. The van der Waals surface area contributed by atoms with Crippen molar-refractivity contribution in [1.29, 1.82) is 0 Å². The zero-order valence-electron chi connectivity index (χ0n) is 20.8. The van der Waals surface area contributed by atoms with Gasteiger partial charge in [-0.25, -0.2) is 4.39 Å². The van der Waals surface area contributed by atoms with Crippen molar-refractivity contribution in [2.75, 3.05) is 13.1 Å². The summed E-state index contributed by atoms with van der Waals surface area (Å²) in [4.78, 5) is 7.25. The van der Waals surface area contributed by atoms with E-state index in [1.165, 1.54) is 11.1 Å². The Labute approximate surface area is 194 Å². The first-order chi connectivity index (χ1) is 15.1. The second-order valence-corrected chi connectivity index (χ2v) is 10.0. The summed E-state index contributed by atoms with van der Waals surface area (Å²) in [7, 11) is 0. The summed E-state index contributed by atoms with van der Waals surface area (Å²) in [6.45, 7) is 19.2. The van der Waals surface area contributed by atoms with Crippen LogP contribution in [0.3, 0.4) is 0 Å². The zero-order chi connectivity index (χ0) is 23.6. The Balaban J connectivity index is 1.83. The van der Waals surface area contributed by atoms with Gasteiger partial charge in [-0.2, -0.15) is 0 Å². The molecule has 0 bridgehead atoms. The molecule has 1 spiro atoms. The first-order valence-electron chi connectivity index (χ1n) is 11.9. The molecule has 1 aliphatic heterocycles. The molecule has 2 aliphatic rings. The molecule has 1 aromatic rings. The van der Waals surface area contributed by atoms with Gasteiger partial charge in [0.05, 0.1) is 5.69 Å². The number of hydrogen-bond donors (Lipinski definition) is 1. The molecule has 1 aliphatic carbocycles. The Hall–Kier alpha value is -2.20. The van der Waals surface area contributed by atoms with Crippen molar-refractivity contribution < 1.29 is 4.39 Å². The Morgan fingerprint density at radius 3 is 2.53 bits per heavy atom.